The summed E-state index contributed by atoms with van der Waals surface area (Å²) in [5, 5.41) is -0.0648. The molecule has 2 nitrogen and oxygen atoms in total. The van der Waals surface area contributed by atoms with E-state index in [-0.39, 0.29) is 11.2 Å². The second kappa shape index (κ2) is 10.7. The van der Waals surface area contributed by atoms with Crippen molar-refractivity contribution in [2.45, 2.75) is 64.8 Å². The Bertz CT molecular complexity index is 220. The molecule has 0 rings (SSSR count). The zero-order valence-electron chi connectivity index (χ0n) is 12.1. The van der Waals surface area contributed by atoms with Crippen LogP contribution in [0.1, 0.15) is 53.4 Å². The highest BCUT2D eigenvalue weighted by Gasteiger charge is 2.23. The first kappa shape index (κ1) is 17.8. The number of hydrogen-bond acceptors (Lipinski definition) is 3. The monoisotopic (exact) mass is 278 g/mol. The van der Waals surface area contributed by atoms with E-state index in [4.69, 9.17) is 4.74 Å². The van der Waals surface area contributed by atoms with Crippen LogP contribution in [0, 0.1) is 5.92 Å². The lowest BCUT2D eigenvalue weighted by molar-refractivity contribution is -0.143. The third kappa shape index (κ3) is 8.78. The summed E-state index contributed by atoms with van der Waals surface area (Å²) in [5.74, 6) is 1.14. The molecule has 0 fully saturated rings. The molecule has 0 N–H and O–H groups in total. The Hall–Kier alpha value is -0.250. The van der Waals surface area contributed by atoms with Crippen LogP contribution in [0.3, 0.4) is 0 Å². The minimum atomic E-state index is -0.694. The highest BCUT2D eigenvalue weighted by atomic mass is 32.2. The zero-order chi connectivity index (χ0) is 14.0. The second-order valence-corrected chi connectivity index (χ2v) is 6.17. The van der Waals surface area contributed by atoms with Crippen molar-refractivity contribution in [3.63, 3.8) is 0 Å². The highest BCUT2D eigenvalue weighted by Crippen LogP contribution is 2.22. The van der Waals surface area contributed by atoms with E-state index in [0.717, 1.165) is 25.0 Å². The highest BCUT2D eigenvalue weighted by molar-refractivity contribution is 8.00. The average molecular weight is 278 g/mol. The summed E-state index contributed by atoms with van der Waals surface area (Å²) in [4.78, 5) is 11.7. The van der Waals surface area contributed by atoms with Gasteiger partial charge >= 0.3 is 5.97 Å². The van der Waals surface area contributed by atoms with E-state index in [0.29, 0.717) is 18.9 Å². The topological polar surface area (TPSA) is 26.3 Å². The van der Waals surface area contributed by atoms with Gasteiger partial charge in [0.25, 0.3) is 0 Å². The largest absolute Gasteiger partial charge is 0.465 e. The molecule has 108 valence electrons. The molecule has 18 heavy (non-hydrogen) atoms. The van der Waals surface area contributed by atoms with Gasteiger partial charge in [-0.3, -0.25) is 4.79 Å². The van der Waals surface area contributed by atoms with Crippen LogP contribution in [0.4, 0.5) is 4.39 Å². The van der Waals surface area contributed by atoms with Crippen molar-refractivity contribution in [1.82, 2.24) is 0 Å². The lowest BCUT2D eigenvalue weighted by Crippen LogP contribution is -2.26. The number of rotatable bonds is 10. The van der Waals surface area contributed by atoms with Gasteiger partial charge in [-0.2, -0.15) is 0 Å². The van der Waals surface area contributed by atoms with Crippen molar-refractivity contribution in [3.8, 4) is 0 Å². The maximum atomic E-state index is 12.6. The number of thioether (sulfide) groups is 1. The molecule has 0 amide bonds. The summed E-state index contributed by atoms with van der Waals surface area (Å²) in [6.07, 6.45) is 2.97. The number of carbonyl (C=O) groups excluding carboxylic acids is 1. The van der Waals surface area contributed by atoms with Crippen LogP contribution in [0.2, 0.25) is 0 Å². The number of hydrogen-bond donors (Lipinski definition) is 0. The maximum absolute atomic E-state index is 12.6. The minimum Gasteiger partial charge on any atom is -0.465 e. The first-order valence-corrected chi connectivity index (χ1v) is 7.96. The van der Waals surface area contributed by atoms with Gasteiger partial charge in [0.1, 0.15) is 5.25 Å². The van der Waals surface area contributed by atoms with Crippen molar-refractivity contribution >= 4 is 17.7 Å². The molecule has 0 aromatic carbocycles. The van der Waals surface area contributed by atoms with Crippen LogP contribution in [0.5, 0.6) is 0 Å². The summed E-state index contributed by atoms with van der Waals surface area (Å²) in [6.45, 7) is 7.96. The van der Waals surface area contributed by atoms with Crippen molar-refractivity contribution in [1.29, 1.82) is 0 Å². The van der Waals surface area contributed by atoms with Gasteiger partial charge in [-0.05, 0) is 38.4 Å². The minimum absolute atomic E-state index is 0.0648. The summed E-state index contributed by atoms with van der Waals surface area (Å²) < 4.78 is 17.6. The van der Waals surface area contributed by atoms with Gasteiger partial charge in [-0.25, -0.2) is 4.39 Å². The van der Waals surface area contributed by atoms with E-state index in [2.05, 4.69) is 0 Å². The Kier molecular flexibility index (Phi) is 10.5. The molecular weight excluding hydrogens is 251 g/mol. The molecule has 0 saturated carbocycles. The summed E-state index contributed by atoms with van der Waals surface area (Å²) >= 11 is 1.67. The molecule has 0 aliphatic heterocycles. The second-order valence-electron chi connectivity index (χ2n) is 4.92. The van der Waals surface area contributed by atoms with E-state index in [1.54, 1.807) is 18.7 Å². The summed E-state index contributed by atoms with van der Waals surface area (Å²) in [6, 6.07) is 0. The molecule has 0 aliphatic rings. The summed E-state index contributed by atoms with van der Waals surface area (Å²) in [5.41, 5.74) is 0. The molecule has 4 heteroatoms. The van der Waals surface area contributed by atoms with Crippen LogP contribution >= 0.6 is 11.8 Å². The number of halogens is 1. The Morgan fingerprint density at radius 3 is 2.39 bits per heavy atom. The van der Waals surface area contributed by atoms with Gasteiger partial charge in [0.15, 0.2) is 0 Å². The lowest BCUT2D eigenvalue weighted by Gasteiger charge is -2.18. The predicted molar refractivity (Wildman–Crippen MR) is 76.8 cm³/mol. The number of ether oxygens (including phenoxy) is 1. The van der Waals surface area contributed by atoms with Gasteiger partial charge in [-0.15, -0.1) is 11.8 Å². The number of unbranched alkanes of at least 4 members (excludes halogenated alkanes) is 2. The van der Waals surface area contributed by atoms with Crippen molar-refractivity contribution in [2.75, 3.05) is 12.4 Å². The van der Waals surface area contributed by atoms with Crippen LogP contribution in [0.15, 0.2) is 0 Å². The molecule has 0 spiro atoms. The van der Waals surface area contributed by atoms with Gasteiger partial charge in [0.05, 0.1) is 12.8 Å². The molecule has 0 saturated heterocycles. The van der Waals surface area contributed by atoms with E-state index >= 15 is 0 Å². The molecule has 0 aromatic rings. The van der Waals surface area contributed by atoms with Gasteiger partial charge in [0.2, 0.25) is 0 Å². The Morgan fingerprint density at radius 1 is 1.22 bits per heavy atom. The van der Waals surface area contributed by atoms with Crippen LogP contribution in [-0.2, 0) is 9.53 Å². The fraction of sp³-hybridized carbons (Fsp3) is 0.929. The molecule has 0 aromatic heterocycles. The van der Waals surface area contributed by atoms with Crippen LogP contribution < -0.4 is 0 Å². The predicted octanol–water partition coefficient (Wildman–Crippen LogP) is 4.23. The standard InChI is InChI=1S/C14H27FO2S/c1-5-17-14(16)13(11(2)3)18-10-8-6-7-9-12(4)15/h11-13H,5-10H2,1-4H3. The first-order valence-electron chi connectivity index (χ1n) is 6.91. The van der Waals surface area contributed by atoms with E-state index < -0.39 is 6.17 Å². The number of alkyl halides is 1. The normalized spacial score (nSPS) is 14.6. The number of esters is 1. The fourth-order valence-electron chi connectivity index (χ4n) is 1.67. The van der Waals surface area contributed by atoms with E-state index in [1.807, 2.05) is 20.8 Å². The van der Waals surface area contributed by atoms with Crippen molar-refractivity contribution in [2.24, 2.45) is 5.92 Å². The van der Waals surface area contributed by atoms with E-state index in [1.165, 1.54) is 0 Å². The quantitative estimate of drug-likeness (QED) is 0.442. The first-order chi connectivity index (χ1) is 8.49. The van der Waals surface area contributed by atoms with Crippen molar-refractivity contribution < 1.29 is 13.9 Å². The molecular formula is C14H27FO2S. The fourth-order valence-corrected chi connectivity index (χ4v) is 2.89. The van der Waals surface area contributed by atoms with E-state index in [9.17, 15) is 9.18 Å². The van der Waals surface area contributed by atoms with Crippen molar-refractivity contribution in [3.05, 3.63) is 0 Å². The molecule has 2 atom stereocenters. The SMILES string of the molecule is CCOC(=O)C(SCCCCCC(C)F)C(C)C. The smallest absolute Gasteiger partial charge is 0.319 e. The molecule has 0 heterocycles. The Labute approximate surface area is 115 Å². The van der Waals surface area contributed by atoms with Crippen LogP contribution in [0.25, 0.3) is 0 Å². The van der Waals surface area contributed by atoms with Crippen LogP contribution in [-0.4, -0.2) is 29.8 Å². The average Bonchev–Trinajstić information content (AvgIpc) is 2.27. The Morgan fingerprint density at radius 2 is 1.89 bits per heavy atom. The van der Waals surface area contributed by atoms with Gasteiger partial charge in [-0.1, -0.05) is 26.7 Å². The third-order valence-corrected chi connectivity index (χ3v) is 4.29. The van der Waals surface area contributed by atoms with Gasteiger partial charge < -0.3 is 4.74 Å². The maximum Gasteiger partial charge on any atom is 0.319 e. The molecule has 0 aliphatic carbocycles. The zero-order valence-corrected chi connectivity index (χ0v) is 12.9. The summed E-state index contributed by atoms with van der Waals surface area (Å²) in [7, 11) is 0. The Balaban J connectivity index is 3.74. The third-order valence-electron chi connectivity index (χ3n) is 2.67. The molecule has 0 radical (unpaired) electrons. The van der Waals surface area contributed by atoms with Gasteiger partial charge in [0, 0.05) is 0 Å². The number of carbonyl (C=O) groups is 1. The molecule has 0 bridgehead atoms. The lowest BCUT2D eigenvalue weighted by atomic mass is 10.1. The molecule has 2 unspecified atom stereocenters.